The van der Waals surface area contributed by atoms with Gasteiger partial charge in [-0.25, -0.2) is 0 Å². The van der Waals surface area contributed by atoms with Gasteiger partial charge in [-0.15, -0.1) is 0 Å². The van der Waals surface area contributed by atoms with Crippen molar-refractivity contribution in [2.24, 2.45) is 23.7 Å². The van der Waals surface area contributed by atoms with Gasteiger partial charge in [0.2, 0.25) is 0 Å². The maximum absolute atomic E-state index is 12.9. The summed E-state index contributed by atoms with van der Waals surface area (Å²) in [6.45, 7) is 5.63. The Labute approximate surface area is 262 Å². The molecule has 250 valence electrons. The molecule has 2 aliphatic heterocycles. The van der Waals surface area contributed by atoms with Crippen molar-refractivity contribution < 1.29 is 47.6 Å². The number of carbonyl (C=O) groups is 4. The van der Waals surface area contributed by atoms with Crippen molar-refractivity contribution >= 4 is 23.9 Å². The summed E-state index contributed by atoms with van der Waals surface area (Å²) in [6, 6.07) is 0. The predicted octanol–water partition coefficient (Wildman–Crippen LogP) is 5.47. The molecule has 2 aliphatic carbocycles. The molecule has 0 aromatic heterocycles. The number of unbranched alkanes of at least 4 members (excludes halogenated alkanes) is 9. The van der Waals surface area contributed by atoms with Gasteiger partial charge in [0.15, 0.2) is 0 Å². The van der Waals surface area contributed by atoms with Gasteiger partial charge in [-0.2, -0.15) is 0 Å². The number of rotatable bonds is 21. The molecule has 4 aliphatic rings. The third kappa shape index (κ3) is 10.7. The summed E-state index contributed by atoms with van der Waals surface area (Å²) in [5.74, 6) is -3.33. The molecule has 2 saturated carbocycles. The molecule has 8 atom stereocenters. The molecule has 0 aromatic carbocycles. The first kappa shape index (κ1) is 34.7. The molecular formula is C34H54O10. The van der Waals surface area contributed by atoms with Crippen LogP contribution in [0, 0.1) is 23.7 Å². The average Bonchev–Trinajstić information content (AvgIpc) is 3.95. The van der Waals surface area contributed by atoms with Gasteiger partial charge in [-0.05, 0) is 64.2 Å². The highest BCUT2D eigenvalue weighted by Crippen LogP contribution is 2.45. The normalized spacial score (nSPS) is 30.0. The van der Waals surface area contributed by atoms with Crippen molar-refractivity contribution in [3.05, 3.63) is 0 Å². The highest BCUT2D eigenvalue weighted by atomic mass is 16.6. The minimum absolute atomic E-state index is 0.0483. The second kappa shape index (κ2) is 18.1. The molecule has 10 heteroatoms. The monoisotopic (exact) mass is 622 g/mol. The van der Waals surface area contributed by atoms with Gasteiger partial charge >= 0.3 is 23.9 Å². The van der Waals surface area contributed by atoms with E-state index in [1.165, 1.54) is 0 Å². The van der Waals surface area contributed by atoms with Crippen LogP contribution < -0.4 is 0 Å². The molecule has 10 nitrogen and oxygen atoms in total. The van der Waals surface area contributed by atoms with Crippen LogP contribution in [-0.4, -0.2) is 74.7 Å². The van der Waals surface area contributed by atoms with Gasteiger partial charge in [-0.3, -0.25) is 19.2 Å². The molecular weight excluding hydrogens is 568 g/mol. The Bertz CT molecular complexity index is 863. The molecule has 8 unspecified atom stereocenters. The van der Waals surface area contributed by atoms with Crippen LogP contribution in [0.2, 0.25) is 0 Å². The Morgan fingerprint density at radius 1 is 0.432 bits per heavy atom. The van der Waals surface area contributed by atoms with E-state index in [-0.39, 0.29) is 61.5 Å². The first-order chi connectivity index (χ1) is 21.4. The molecule has 0 N–H and O–H groups in total. The summed E-state index contributed by atoms with van der Waals surface area (Å²) < 4.78 is 33.3. The first-order valence-corrected chi connectivity index (χ1v) is 17.4. The van der Waals surface area contributed by atoms with Crippen molar-refractivity contribution in [1.29, 1.82) is 0 Å². The van der Waals surface area contributed by atoms with E-state index in [0.717, 1.165) is 64.2 Å². The van der Waals surface area contributed by atoms with Gasteiger partial charge < -0.3 is 28.4 Å². The fourth-order valence-electron chi connectivity index (χ4n) is 6.62. The van der Waals surface area contributed by atoms with Crippen LogP contribution in [0.3, 0.4) is 0 Å². The predicted molar refractivity (Wildman–Crippen MR) is 160 cm³/mol. The Kier molecular flexibility index (Phi) is 14.2. The molecule has 0 amide bonds. The van der Waals surface area contributed by atoms with Crippen LogP contribution in [0.4, 0.5) is 0 Å². The SMILES string of the molecule is CCCCCCOC(=O)C1CC2OC2CC1C(=O)OCCCCCCOC(=O)C1CC2OC2CC1C(=O)OCCCCCC. The lowest BCUT2D eigenvalue weighted by Gasteiger charge is -2.26. The number of esters is 4. The Balaban J connectivity index is 1.07. The van der Waals surface area contributed by atoms with E-state index in [4.69, 9.17) is 28.4 Å². The molecule has 0 aromatic rings. The summed E-state index contributed by atoms with van der Waals surface area (Å²) in [4.78, 5) is 51.2. The van der Waals surface area contributed by atoms with E-state index >= 15 is 0 Å². The minimum atomic E-state index is -0.514. The Hall–Kier alpha value is -2.20. The van der Waals surface area contributed by atoms with E-state index in [1.807, 2.05) is 0 Å². The van der Waals surface area contributed by atoms with E-state index in [9.17, 15) is 19.2 Å². The number of epoxide rings is 2. The van der Waals surface area contributed by atoms with Gasteiger partial charge in [0.05, 0.1) is 74.5 Å². The summed E-state index contributed by atoms with van der Waals surface area (Å²) in [5.41, 5.74) is 0. The van der Waals surface area contributed by atoms with Gasteiger partial charge in [-0.1, -0.05) is 52.4 Å². The van der Waals surface area contributed by atoms with Gasteiger partial charge in [0.25, 0.3) is 0 Å². The second-order valence-electron chi connectivity index (χ2n) is 13.0. The molecule has 2 saturated heterocycles. The molecule has 4 rings (SSSR count). The van der Waals surface area contributed by atoms with E-state index in [1.54, 1.807) is 0 Å². The lowest BCUT2D eigenvalue weighted by Crippen LogP contribution is -2.38. The minimum Gasteiger partial charge on any atom is -0.465 e. The van der Waals surface area contributed by atoms with Crippen molar-refractivity contribution in [3.8, 4) is 0 Å². The molecule has 0 bridgehead atoms. The highest BCUT2D eigenvalue weighted by molar-refractivity contribution is 5.83. The summed E-state index contributed by atoms with van der Waals surface area (Å²) in [5, 5.41) is 0. The highest BCUT2D eigenvalue weighted by Gasteiger charge is 2.54. The molecule has 0 radical (unpaired) electrons. The summed E-state index contributed by atoms with van der Waals surface area (Å²) in [6.07, 6.45) is 13.5. The molecule has 2 heterocycles. The number of hydrogen-bond donors (Lipinski definition) is 0. The van der Waals surface area contributed by atoms with Gasteiger partial charge in [0.1, 0.15) is 0 Å². The first-order valence-electron chi connectivity index (χ1n) is 17.4. The van der Waals surface area contributed by atoms with Gasteiger partial charge in [0, 0.05) is 0 Å². The quantitative estimate of drug-likeness (QED) is 0.0703. The Morgan fingerprint density at radius 3 is 0.932 bits per heavy atom. The van der Waals surface area contributed by atoms with E-state index < -0.39 is 23.7 Å². The number of carbonyl (C=O) groups excluding carboxylic acids is 4. The Morgan fingerprint density at radius 2 is 0.682 bits per heavy atom. The van der Waals surface area contributed by atoms with Crippen LogP contribution in [0.5, 0.6) is 0 Å². The average molecular weight is 623 g/mol. The second-order valence-corrected chi connectivity index (χ2v) is 13.0. The molecule has 0 spiro atoms. The number of hydrogen-bond acceptors (Lipinski definition) is 10. The smallest absolute Gasteiger partial charge is 0.309 e. The van der Waals surface area contributed by atoms with Crippen LogP contribution in [0.1, 0.15) is 117 Å². The zero-order valence-electron chi connectivity index (χ0n) is 26.8. The summed E-state index contributed by atoms with van der Waals surface area (Å²) >= 11 is 0. The fraction of sp³-hybridized carbons (Fsp3) is 0.882. The van der Waals surface area contributed by atoms with Crippen LogP contribution >= 0.6 is 0 Å². The zero-order valence-corrected chi connectivity index (χ0v) is 26.8. The maximum atomic E-state index is 12.9. The molecule has 44 heavy (non-hydrogen) atoms. The largest absolute Gasteiger partial charge is 0.465 e. The van der Waals surface area contributed by atoms with Crippen molar-refractivity contribution in [2.75, 3.05) is 26.4 Å². The van der Waals surface area contributed by atoms with Crippen LogP contribution in [-0.2, 0) is 47.6 Å². The maximum Gasteiger partial charge on any atom is 0.309 e. The van der Waals surface area contributed by atoms with E-state index in [2.05, 4.69) is 13.8 Å². The summed E-state index contributed by atoms with van der Waals surface area (Å²) in [7, 11) is 0. The van der Waals surface area contributed by atoms with E-state index in [0.29, 0.717) is 51.7 Å². The van der Waals surface area contributed by atoms with Crippen molar-refractivity contribution in [3.63, 3.8) is 0 Å². The zero-order chi connectivity index (χ0) is 31.3. The lowest BCUT2D eigenvalue weighted by atomic mass is 9.79. The van der Waals surface area contributed by atoms with Crippen LogP contribution in [0.15, 0.2) is 0 Å². The number of ether oxygens (including phenoxy) is 6. The third-order valence-electron chi connectivity index (χ3n) is 9.51. The lowest BCUT2D eigenvalue weighted by molar-refractivity contribution is -0.162. The van der Waals surface area contributed by atoms with Crippen molar-refractivity contribution in [2.45, 2.75) is 141 Å². The molecule has 4 fully saturated rings. The standard InChI is InChI=1S/C34H54O10/c1-3-5-7-11-15-39-31(35)23-19-27-29(43-27)21-25(23)33(37)41-17-13-9-10-14-18-42-34(38)26-22-30-28(44-30)20-24(26)32(36)40-16-12-8-6-4-2/h23-30H,3-22H2,1-2H3. The number of fused-ring (bicyclic) bond motifs is 2. The van der Waals surface area contributed by atoms with Crippen molar-refractivity contribution in [1.82, 2.24) is 0 Å². The fourth-order valence-corrected chi connectivity index (χ4v) is 6.62. The topological polar surface area (TPSA) is 130 Å². The third-order valence-corrected chi connectivity index (χ3v) is 9.51. The van der Waals surface area contributed by atoms with Crippen LogP contribution in [0.25, 0.3) is 0 Å².